The fraction of sp³-hybridized carbons (Fsp3) is 0.953. The summed E-state index contributed by atoms with van der Waals surface area (Å²) in [6.07, 6.45) is -34.8. The number of aliphatic carboxylic acids is 1. The molecule has 35 atom stereocenters. The predicted molar refractivity (Wildman–Crippen MR) is 345 cm³/mol. The Hall–Kier alpha value is -0.680. The average Bonchev–Trinajstić information content (AvgIpc) is 1.68. The van der Waals surface area contributed by atoms with Crippen molar-refractivity contribution in [3.63, 3.8) is 0 Å². The fourth-order valence-corrected chi connectivity index (χ4v) is 18.5. The molecule has 9 aliphatic rings. The third-order valence-electron chi connectivity index (χ3n) is 23.4. The number of rotatable bonds is 27. The molecule has 0 bridgehead atoms. The number of fused-ring (bicyclic) bond motifs is 5. The van der Waals surface area contributed by atoms with E-state index in [0.717, 1.165) is 39.0 Å². The van der Waals surface area contributed by atoms with Gasteiger partial charge in [-0.15, -0.1) is 0 Å². The number of amides is 2. The Kier molecular flexibility index (Phi) is 31.6. The van der Waals surface area contributed by atoms with Crippen LogP contribution in [0.25, 0.3) is 0 Å². The minimum absolute atomic E-state index is 0. The van der Waals surface area contributed by atoms with Crippen molar-refractivity contribution in [2.45, 2.75) is 297 Å². The quantitative estimate of drug-likeness (QED) is 0.0208. The standard InChI is InChI=1S/C64H108N2O32S.2Na/c1-26(2)9-8-10-27(3)33-13-14-34-32-12-11-30-19-31(15-17-62(30,6)35(32)16-18-63(33,34)7)90-58-51(81)49(79)53(39(23-69)92-58)95-60-52(82)56(46(76)38(22-68)91-60)97-57-43(66-29(5)71)47(77)54(41(94-57)25-89-99(85,86)87)96-59-50(80)48(78)45(75)40(93-59)24-88-64(61(83)84)20-36(72)42(65-28(4)70)55(98-64)44(74)37(73)21-67;;/h26-27,30-60,67-69,72-82H,8-25H2,1-7H3,(H,65,70)(H,66,71)(H,83,84)(H,85,86,87);;/t27-,30?,31?,32+,33-,34+,35+,36+,37-,38-,39-,40-,41-,42-,43-,44-,45+,46+,47-,48+,49-,50-,51-,52-,53?,54?,55-,56?,57+,58-,59+,60+,62+,63-,64-;;/m1../s1. The third kappa shape index (κ3) is 19.2. The van der Waals surface area contributed by atoms with Crippen LogP contribution >= 0.6 is 0 Å². The second-order valence-electron chi connectivity index (χ2n) is 30.1. The molecule has 574 valence electrons. The van der Waals surface area contributed by atoms with Gasteiger partial charge >= 0.3 is 16.4 Å². The number of hydrogen-bond donors (Lipinski definition) is 18. The van der Waals surface area contributed by atoms with Crippen molar-refractivity contribution in [2.75, 3.05) is 33.0 Å². The number of aliphatic hydroxyl groups excluding tert-OH is 14. The number of carbonyl (C=O) groups is 3. The summed E-state index contributed by atoms with van der Waals surface area (Å²) in [5.74, 6) is -2.37. The van der Waals surface area contributed by atoms with Crippen molar-refractivity contribution < 1.29 is 156 Å². The van der Waals surface area contributed by atoms with Gasteiger partial charge in [-0.05, 0) is 110 Å². The molecular formula is C64H108N2Na2O32S. The van der Waals surface area contributed by atoms with Gasteiger partial charge in [-0.3, -0.25) is 14.1 Å². The van der Waals surface area contributed by atoms with Crippen LogP contribution in [-0.4, -0.2) is 365 Å². The SMILES string of the molecule is CC(=O)N[C@H]1[C@H]([C@H](O)[C@H](O)CO)O[C@@](OC[C@H]2O[C@@H](OC3[C@@H](COS(=O)(=O)O)O[C@@H](OC4[C@@H](O)[C@H](OC5[C@@H](CO)O[C@@H](OC6CC[C@@]7(C)C(CC[C@H]8[C@@H]9CC[C@H]([C@H](C)CCCC(C)C)[C@@]9(C)CC[C@@H]87)C6)[C@H](O)[C@H]5O)O[C@H](CO)[C@@H]4O)[C@H](NC(C)=O)[C@H]3O)[C@H](O)[C@@H](O)[C@H]2O)(C(=O)O)C[C@@H]1O.[Na].[Na]. The summed E-state index contributed by atoms with van der Waals surface area (Å²) in [6, 6.07) is -3.58. The van der Waals surface area contributed by atoms with Crippen molar-refractivity contribution in [2.24, 2.45) is 52.3 Å². The van der Waals surface area contributed by atoms with Crippen molar-refractivity contribution in [3.8, 4) is 0 Å². The van der Waals surface area contributed by atoms with E-state index < -0.39 is 227 Å². The fourth-order valence-electron chi connectivity index (χ4n) is 18.2. The molecule has 34 nitrogen and oxygen atoms in total. The van der Waals surface area contributed by atoms with E-state index in [1.807, 2.05) is 0 Å². The molecule has 0 aromatic carbocycles. The Morgan fingerprint density at radius 2 is 1.16 bits per heavy atom. The van der Waals surface area contributed by atoms with E-state index >= 15 is 0 Å². The average molecular weight is 1500 g/mol. The summed E-state index contributed by atoms with van der Waals surface area (Å²) in [5.41, 5.74) is 0.424. The van der Waals surface area contributed by atoms with Crippen LogP contribution in [0.3, 0.4) is 0 Å². The number of ether oxygens (including phenoxy) is 10. The van der Waals surface area contributed by atoms with Crippen LogP contribution in [0.15, 0.2) is 0 Å². The zero-order valence-corrected chi connectivity index (χ0v) is 63.7. The molecule has 4 saturated carbocycles. The van der Waals surface area contributed by atoms with Crippen LogP contribution in [0.2, 0.25) is 0 Å². The van der Waals surface area contributed by atoms with Crippen molar-refractivity contribution in [1.82, 2.24) is 10.6 Å². The van der Waals surface area contributed by atoms with Gasteiger partial charge in [0.05, 0.1) is 51.3 Å². The molecular weight excluding hydrogens is 1390 g/mol. The maximum Gasteiger partial charge on any atom is 0.397 e. The monoisotopic (exact) mass is 1490 g/mol. The van der Waals surface area contributed by atoms with Crippen LogP contribution in [0, 0.1) is 52.3 Å². The van der Waals surface area contributed by atoms with Gasteiger partial charge in [-0.25, -0.2) is 8.98 Å². The molecule has 0 spiro atoms. The van der Waals surface area contributed by atoms with Gasteiger partial charge in [-0.1, -0.05) is 53.9 Å². The number of aliphatic hydroxyl groups is 14. The van der Waals surface area contributed by atoms with E-state index in [1.165, 1.54) is 44.9 Å². The Morgan fingerprint density at radius 1 is 0.594 bits per heavy atom. The summed E-state index contributed by atoms with van der Waals surface area (Å²) >= 11 is 0. The van der Waals surface area contributed by atoms with Crippen LogP contribution in [0.4, 0.5) is 0 Å². The van der Waals surface area contributed by atoms with Gasteiger partial charge in [-0.2, -0.15) is 8.42 Å². The second kappa shape index (κ2) is 36.4. The number of carboxylic acids is 1. The molecule has 9 fully saturated rings. The van der Waals surface area contributed by atoms with E-state index in [-0.39, 0.29) is 70.6 Å². The van der Waals surface area contributed by atoms with Crippen LogP contribution in [0.1, 0.15) is 132 Å². The van der Waals surface area contributed by atoms with Gasteiger partial charge in [0, 0.05) is 79.4 Å². The zero-order valence-electron chi connectivity index (χ0n) is 58.9. The third-order valence-corrected chi connectivity index (χ3v) is 23.9. The first-order valence-corrected chi connectivity index (χ1v) is 36.1. The van der Waals surface area contributed by atoms with Gasteiger partial charge in [0.2, 0.25) is 11.8 Å². The van der Waals surface area contributed by atoms with Crippen LogP contribution < -0.4 is 10.6 Å². The van der Waals surface area contributed by atoms with E-state index in [0.29, 0.717) is 53.8 Å². The van der Waals surface area contributed by atoms with Crippen molar-refractivity contribution >= 4 is 87.3 Å². The molecule has 37 heteroatoms. The molecule has 5 heterocycles. The first-order valence-electron chi connectivity index (χ1n) is 34.8. The summed E-state index contributed by atoms with van der Waals surface area (Å²) in [7, 11) is -5.42. The maximum absolute atomic E-state index is 12.9. The number of carbonyl (C=O) groups excluding carboxylic acids is 2. The van der Waals surface area contributed by atoms with E-state index in [2.05, 4.69) is 49.4 Å². The van der Waals surface area contributed by atoms with Gasteiger partial charge < -0.3 is 135 Å². The Labute approximate surface area is 631 Å². The van der Waals surface area contributed by atoms with Crippen molar-refractivity contribution in [3.05, 3.63) is 0 Å². The minimum Gasteiger partial charge on any atom is -0.477 e. The summed E-state index contributed by atoms with van der Waals surface area (Å²) in [6.45, 7) is 8.55. The maximum atomic E-state index is 12.9. The molecule has 4 aliphatic carbocycles. The van der Waals surface area contributed by atoms with Gasteiger partial charge in [0.25, 0.3) is 5.79 Å². The van der Waals surface area contributed by atoms with Crippen LogP contribution in [-0.2, 0) is 76.3 Å². The smallest absolute Gasteiger partial charge is 0.397 e. The second-order valence-corrected chi connectivity index (χ2v) is 31.2. The van der Waals surface area contributed by atoms with Crippen LogP contribution in [0.5, 0.6) is 0 Å². The molecule has 5 aliphatic heterocycles. The molecule has 5 saturated heterocycles. The molecule has 0 aromatic heterocycles. The molecule has 0 aromatic rings. The summed E-state index contributed by atoms with van der Waals surface area (Å²) in [5, 5.41) is 171. The summed E-state index contributed by atoms with van der Waals surface area (Å²) < 4.78 is 97.7. The molecule has 2 amide bonds. The van der Waals surface area contributed by atoms with Gasteiger partial charge in [0.1, 0.15) is 116 Å². The number of hydrogen-bond acceptors (Lipinski definition) is 30. The molecule has 2 radical (unpaired) electrons. The first kappa shape index (κ1) is 87.5. The Morgan fingerprint density at radius 3 is 1.77 bits per heavy atom. The van der Waals surface area contributed by atoms with E-state index in [4.69, 9.17) is 47.4 Å². The van der Waals surface area contributed by atoms with E-state index in [9.17, 15) is 104 Å². The van der Waals surface area contributed by atoms with Crippen molar-refractivity contribution in [1.29, 1.82) is 0 Å². The Bertz CT molecular complexity index is 2800. The molecule has 101 heavy (non-hydrogen) atoms. The zero-order chi connectivity index (χ0) is 72.7. The summed E-state index contributed by atoms with van der Waals surface area (Å²) in [4.78, 5) is 37.9. The number of nitrogens with one attached hydrogen (secondary N) is 2. The minimum atomic E-state index is -5.42. The van der Waals surface area contributed by atoms with Gasteiger partial charge in [0.15, 0.2) is 25.2 Å². The first-order chi connectivity index (χ1) is 46.5. The number of carboxylic acid groups (broad SMARTS) is 1. The normalized spacial score (nSPS) is 45.8. The van der Waals surface area contributed by atoms with E-state index in [1.54, 1.807) is 0 Å². The molecule has 18 N–H and O–H groups in total. The molecule has 9 rings (SSSR count). The molecule has 5 unspecified atom stereocenters. The Balaban J connectivity index is 0.00000716. The largest absolute Gasteiger partial charge is 0.477 e. The topological polar surface area (TPSA) is 535 Å². The predicted octanol–water partition coefficient (Wildman–Crippen LogP) is -4.85.